The summed E-state index contributed by atoms with van der Waals surface area (Å²) in [7, 11) is 4.19. The highest BCUT2D eigenvalue weighted by atomic mass is 15.1. The fraction of sp³-hybridized carbons (Fsp3) is 0.261. The standard InChI is InChI=1S/C23H26N6/c1-15-12-19-21(9-8-16-4-6-17(7-5-16)14-29(2)3)27-28-22(19)13-18(15)20-10-11-25-23(24)26-20/h4,6-13,16H,5,14H2,1-3H3,(H,27,28)(H2,24,25,26)/b9-8+. The number of aryl methyl sites for hydroxylation is 1. The van der Waals surface area contributed by atoms with Gasteiger partial charge in [0.15, 0.2) is 0 Å². The molecule has 1 atom stereocenters. The molecule has 1 aliphatic rings. The van der Waals surface area contributed by atoms with Gasteiger partial charge in [-0.2, -0.15) is 5.10 Å². The van der Waals surface area contributed by atoms with Gasteiger partial charge in [0.05, 0.1) is 16.9 Å². The minimum Gasteiger partial charge on any atom is -0.368 e. The van der Waals surface area contributed by atoms with Crippen molar-refractivity contribution in [3.8, 4) is 11.3 Å². The minimum absolute atomic E-state index is 0.276. The summed E-state index contributed by atoms with van der Waals surface area (Å²) in [5, 5.41) is 8.76. The van der Waals surface area contributed by atoms with E-state index >= 15 is 0 Å². The number of hydrogen-bond acceptors (Lipinski definition) is 5. The fourth-order valence-electron chi connectivity index (χ4n) is 3.64. The Morgan fingerprint density at radius 3 is 2.90 bits per heavy atom. The lowest BCUT2D eigenvalue weighted by Gasteiger charge is -2.16. The molecule has 2 heterocycles. The first-order valence-electron chi connectivity index (χ1n) is 9.77. The highest BCUT2D eigenvalue weighted by Crippen LogP contribution is 2.29. The van der Waals surface area contributed by atoms with E-state index in [0.29, 0.717) is 5.92 Å². The Labute approximate surface area is 170 Å². The van der Waals surface area contributed by atoms with Gasteiger partial charge in [0.1, 0.15) is 0 Å². The van der Waals surface area contributed by atoms with Crippen LogP contribution in [0.25, 0.3) is 28.2 Å². The number of allylic oxidation sites excluding steroid dienone is 3. The lowest BCUT2D eigenvalue weighted by Crippen LogP contribution is -2.15. The molecule has 0 aliphatic heterocycles. The van der Waals surface area contributed by atoms with Crippen molar-refractivity contribution >= 4 is 22.9 Å². The monoisotopic (exact) mass is 386 g/mol. The van der Waals surface area contributed by atoms with E-state index in [-0.39, 0.29) is 5.95 Å². The molecule has 1 aliphatic carbocycles. The maximum Gasteiger partial charge on any atom is 0.220 e. The summed E-state index contributed by atoms with van der Waals surface area (Å²) in [4.78, 5) is 10.5. The van der Waals surface area contributed by atoms with Crippen molar-refractivity contribution in [1.82, 2.24) is 25.1 Å². The largest absolute Gasteiger partial charge is 0.368 e. The van der Waals surface area contributed by atoms with Crippen LogP contribution in [0.4, 0.5) is 5.95 Å². The zero-order valence-corrected chi connectivity index (χ0v) is 17.1. The van der Waals surface area contributed by atoms with E-state index in [4.69, 9.17) is 5.73 Å². The summed E-state index contributed by atoms with van der Waals surface area (Å²) >= 11 is 0. The maximum absolute atomic E-state index is 5.74. The van der Waals surface area contributed by atoms with Crippen LogP contribution in [0.5, 0.6) is 0 Å². The molecule has 6 nitrogen and oxygen atoms in total. The Morgan fingerprint density at radius 2 is 2.17 bits per heavy atom. The molecule has 0 fully saturated rings. The molecular weight excluding hydrogens is 360 g/mol. The van der Waals surface area contributed by atoms with Crippen molar-refractivity contribution in [2.24, 2.45) is 5.92 Å². The van der Waals surface area contributed by atoms with E-state index < -0.39 is 0 Å². The molecule has 6 heteroatoms. The van der Waals surface area contributed by atoms with E-state index in [1.54, 1.807) is 6.20 Å². The van der Waals surface area contributed by atoms with Gasteiger partial charge in [-0.15, -0.1) is 0 Å². The van der Waals surface area contributed by atoms with Crippen LogP contribution in [0.15, 0.2) is 54.3 Å². The quantitative estimate of drug-likeness (QED) is 0.693. The first-order chi connectivity index (χ1) is 14.0. The number of H-pyrrole nitrogens is 1. The molecule has 0 spiro atoms. The fourth-order valence-corrected chi connectivity index (χ4v) is 3.64. The molecular formula is C23H26N6. The van der Waals surface area contributed by atoms with Crippen molar-refractivity contribution in [1.29, 1.82) is 0 Å². The number of nitrogens with two attached hydrogens (primary N) is 1. The number of rotatable bonds is 5. The topological polar surface area (TPSA) is 83.7 Å². The Bertz CT molecular complexity index is 1120. The highest BCUT2D eigenvalue weighted by Gasteiger charge is 2.11. The number of anilines is 1. The summed E-state index contributed by atoms with van der Waals surface area (Å²) in [6, 6.07) is 6.10. The van der Waals surface area contributed by atoms with E-state index in [2.05, 4.69) is 88.6 Å². The van der Waals surface area contributed by atoms with Crippen LogP contribution in [-0.2, 0) is 0 Å². The van der Waals surface area contributed by atoms with Gasteiger partial charge < -0.3 is 10.6 Å². The van der Waals surface area contributed by atoms with Gasteiger partial charge in [-0.05, 0) is 68.8 Å². The zero-order valence-electron chi connectivity index (χ0n) is 17.1. The SMILES string of the molecule is Cc1cc2c(/C=C/C3C=CC(CN(C)C)=CC3)n[nH]c2cc1-c1ccnc(N)n1. The van der Waals surface area contributed by atoms with Gasteiger partial charge in [-0.25, -0.2) is 9.97 Å². The smallest absolute Gasteiger partial charge is 0.220 e. The number of aromatic amines is 1. The molecule has 0 saturated heterocycles. The maximum atomic E-state index is 5.74. The van der Waals surface area contributed by atoms with E-state index in [9.17, 15) is 0 Å². The molecule has 1 unspecified atom stereocenters. The summed E-state index contributed by atoms with van der Waals surface area (Å²) in [5.41, 5.74) is 12.0. The average molecular weight is 387 g/mol. The Hall–Kier alpha value is -3.25. The van der Waals surface area contributed by atoms with E-state index in [1.165, 1.54) is 5.57 Å². The highest BCUT2D eigenvalue weighted by molar-refractivity contribution is 5.91. The molecule has 148 valence electrons. The Morgan fingerprint density at radius 1 is 1.31 bits per heavy atom. The van der Waals surface area contributed by atoms with Crippen LogP contribution < -0.4 is 5.73 Å². The molecule has 3 aromatic rings. The lowest BCUT2D eigenvalue weighted by atomic mass is 9.95. The van der Waals surface area contributed by atoms with Gasteiger partial charge in [0.25, 0.3) is 0 Å². The number of nitrogens with zero attached hydrogens (tertiary/aromatic N) is 4. The predicted octanol–water partition coefficient (Wildman–Crippen LogP) is 3.99. The number of likely N-dealkylation sites (N-methyl/N-ethyl adjacent to an activating group) is 1. The number of nitrogen functional groups attached to an aromatic ring is 1. The third kappa shape index (κ3) is 4.27. The summed E-state index contributed by atoms with van der Waals surface area (Å²) in [6.45, 7) is 3.06. The van der Waals surface area contributed by atoms with Crippen LogP contribution in [0, 0.1) is 12.8 Å². The molecule has 2 aromatic heterocycles. The van der Waals surface area contributed by atoms with E-state index in [1.807, 2.05) is 6.07 Å². The molecule has 0 saturated carbocycles. The van der Waals surface area contributed by atoms with Crippen LogP contribution >= 0.6 is 0 Å². The summed E-state index contributed by atoms with van der Waals surface area (Å²) in [5.74, 6) is 0.676. The molecule has 0 bridgehead atoms. The van der Waals surface area contributed by atoms with Gasteiger partial charge >= 0.3 is 0 Å². The normalized spacial score (nSPS) is 16.8. The predicted molar refractivity (Wildman–Crippen MR) is 119 cm³/mol. The van der Waals surface area contributed by atoms with Crippen molar-refractivity contribution in [2.45, 2.75) is 13.3 Å². The van der Waals surface area contributed by atoms with Crippen molar-refractivity contribution in [3.05, 3.63) is 65.5 Å². The molecule has 0 radical (unpaired) electrons. The number of aromatic nitrogens is 4. The number of fused-ring (bicyclic) bond motifs is 1. The third-order valence-electron chi connectivity index (χ3n) is 5.10. The van der Waals surface area contributed by atoms with Crippen molar-refractivity contribution in [3.63, 3.8) is 0 Å². The second kappa shape index (κ2) is 8.01. The van der Waals surface area contributed by atoms with Crippen LogP contribution in [0.1, 0.15) is 17.7 Å². The summed E-state index contributed by atoms with van der Waals surface area (Å²) < 4.78 is 0. The average Bonchev–Trinajstić information content (AvgIpc) is 3.08. The van der Waals surface area contributed by atoms with Crippen LogP contribution in [0.3, 0.4) is 0 Å². The Kier molecular flexibility index (Phi) is 5.27. The second-order valence-corrected chi connectivity index (χ2v) is 7.76. The zero-order chi connectivity index (χ0) is 20.4. The Balaban J connectivity index is 1.55. The molecule has 1 aromatic carbocycles. The van der Waals surface area contributed by atoms with Gasteiger partial charge in [0, 0.05) is 23.7 Å². The minimum atomic E-state index is 0.276. The lowest BCUT2D eigenvalue weighted by molar-refractivity contribution is 0.447. The number of nitrogens with one attached hydrogen (secondary N) is 1. The summed E-state index contributed by atoms with van der Waals surface area (Å²) in [6.07, 6.45) is 13.9. The van der Waals surface area contributed by atoms with Crippen molar-refractivity contribution < 1.29 is 0 Å². The number of benzene rings is 1. The first kappa shape index (κ1) is 19.1. The third-order valence-corrected chi connectivity index (χ3v) is 5.10. The molecule has 29 heavy (non-hydrogen) atoms. The van der Waals surface area contributed by atoms with Gasteiger partial charge in [-0.3, -0.25) is 5.10 Å². The van der Waals surface area contributed by atoms with Gasteiger partial charge in [0.2, 0.25) is 5.95 Å². The molecule has 3 N–H and O–H groups in total. The molecule has 0 amide bonds. The first-order valence-corrected chi connectivity index (χ1v) is 9.77. The van der Waals surface area contributed by atoms with Crippen LogP contribution in [0.2, 0.25) is 0 Å². The van der Waals surface area contributed by atoms with Crippen LogP contribution in [-0.4, -0.2) is 45.7 Å². The van der Waals surface area contributed by atoms with Gasteiger partial charge in [-0.1, -0.05) is 24.3 Å². The second-order valence-electron chi connectivity index (χ2n) is 7.76. The molecule has 4 rings (SSSR count). The van der Waals surface area contributed by atoms with E-state index in [0.717, 1.165) is 46.4 Å². The van der Waals surface area contributed by atoms with Crippen molar-refractivity contribution in [2.75, 3.05) is 26.4 Å². The number of hydrogen-bond donors (Lipinski definition) is 2.